The smallest absolute Gasteiger partial charge is 0.251 e. The molecule has 0 aromatic heterocycles. The highest BCUT2D eigenvalue weighted by atomic mass is 16.1. The Morgan fingerprint density at radius 1 is 1.58 bits per heavy atom. The number of anilines is 2. The highest BCUT2D eigenvalue weighted by molar-refractivity contribution is 5.96. The Morgan fingerprint density at radius 3 is 2.84 bits per heavy atom. The van der Waals surface area contributed by atoms with Gasteiger partial charge in [-0.1, -0.05) is 0 Å². The van der Waals surface area contributed by atoms with Gasteiger partial charge in [0.15, 0.2) is 0 Å². The fraction of sp³-hybridized carbons (Fsp3) is 0.429. The molecule has 1 aromatic carbocycles. The molecule has 0 aliphatic heterocycles. The number of carbonyl (C=O) groups excluding carboxylic acids is 1. The van der Waals surface area contributed by atoms with Gasteiger partial charge in [0.2, 0.25) is 0 Å². The fourth-order valence-corrected chi connectivity index (χ4v) is 1.76. The van der Waals surface area contributed by atoms with Crippen molar-refractivity contribution in [3.8, 4) is 6.07 Å². The van der Waals surface area contributed by atoms with E-state index < -0.39 is 0 Å². The van der Waals surface area contributed by atoms with Crippen molar-refractivity contribution in [1.82, 2.24) is 5.32 Å². The van der Waals surface area contributed by atoms with Gasteiger partial charge in [-0.05, 0) is 32.0 Å². The van der Waals surface area contributed by atoms with E-state index in [4.69, 9.17) is 11.0 Å². The van der Waals surface area contributed by atoms with Gasteiger partial charge in [0.05, 0.1) is 23.9 Å². The van der Waals surface area contributed by atoms with Crippen molar-refractivity contribution in [2.45, 2.75) is 26.3 Å². The summed E-state index contributed by atoms with van der Waals surface area (Å²) in [4.78, 5) is 13.7. The molecular weight excluding hydrogens is 240 g/mol. The molecule has 0 fully saturated rings. The fourth-order valence-electron chi connectivity index (χ4n) is 1.76. The van der Waals surface area contributed by atoms with E-state index in [9.17, 15) is 4.79 Å². The predicted octanol–water partition coefficient (Wildman–Crippen LogP) is 1.76. The van der Waals surface area contributed by atoms with Crippen molar-refractivity contribution in [1.29, 1.82) is 5.26 Å². The Labute approximate surface area is 114 Å². The van der Waals surface area contributed by atoms with Gasteiger partial charge in [0.25, 0.3) is 5.91 Å². The Bertz CT molecular complexity index is 493. The maximum atomic E-state index is 11.8. The lowest BCUT2D eigenvalue weighted by Gasteiger charge is -2.27. The molecule has 0 spiro atoms. The van der Waals surface area contributed by atoms with Crippen LogP contribution in [0.2, 0.25) is 0 Å². The van der Waals surface area contributed by atoms with Crippen LogP contribution in [-0.4, -0.2) is 25.5 Å². The molecule has 0 aliphatic rings. The molecule has 102 valence electrons. The van der Waals surface area contributed by atoms with Crippen LogP contribution in [0.25, 0.3) is 0 Å². The summed E-state index contributed by atoms with van der Waals surface area (Å²) in [7, 11) is 1.87. The van der Waals surface area contributed by atoms with Crippen LogP contribution in [0, 0.1) is 11.3 Å². The van der Waals surface area contributed by atoms with Gasteiger partial charge in [-0.2, -0.15) is 5.26 Å². The summed E-state index contributed by atoms with van der Waals surface area (Å²) < 4.78 is 0. The summed E-state index contributed by atoms with van der Waals surface area (Å²) >= 11 is 0. The topological polar surface area (TPSA) is 82.2 Å². The molecule has 0 saturated carbocycles. The number of nitrogens with one attached hydrogen (secondary N) is 1. The van der Waals surface area contributed by atoms with E-state index in [1.807, 2.05) is 25.8 Å². The Hall–Kier alpha value is -2.22. The molecule has 0 radical (unpaired) electrons. The van der Waals surface area contributed by atoms with Crippen LogP contribution in [0.5, 0.6) is 0 Å². The Kier molecular flexibility index (Phi) is 5.19. The molecular formula is C14H20N4O. The van der Waals surface area contributed by atoms with Crippen molar-refractivity contribution >= 4 is 17.3 Å². The number of nitrogen functional groups attached to an aromatic ring is 1. The normalized spacial score (nSPS) is 11.5. The molecule has 1 unspecified atom stereocenters. The summed E-state index contributed by atoms with van der Waals surface area (Å²) in [5.41, 5.74) is 7.88. The van der Waals surface area contributed by atoms with Crippen LogP contribution >= 0.6 is 0 Å². The molecule has 0 bridgehead atoms. The quantitative estimate of drug-likeness (QED) is 0.790. The number of nitriles is 1. The highest BCUT2D eigenvalue weighted by Crippen LogP contribution is 2.25. The lowest BCUT2D eigenvalue weighted by molar-refractivity contribution is 0.0956. The number of carbonyl (C=O) groups is 1. The average Bonchev–Trinajstić information content (AvgIpc) is 2.39. The molecule has 0 heterocycles. The van der Waals surface area contributed by atoms with E-state index in [1.54, 1.807) is 18.2 Å². The maximum Gasteiger partial charge on any atom is 0.251 e. The first-order valence-electron chi connectivity index (χ1n) is 6.28. The van der Waals surface area contributed by atoms with E-state index in [0.717, 1.165) is 5.69 Å². The first kappa shape index (κ1) is 14.8. The van der Waals surface area contributed by atoms with Gasteiger partial charge in [0.1, 0.15) is 0 Å². The summed E-state index contributed by atoms with van der Waals surface area (Å²) in [6.07, 6.45) is 0.404. The van der Waals surface area contributed by atoms with Crippen molar-refractivity contribution in [3.05, 3.63) is 23.8 Å². The van der Waals surface area contributed by atoms with Crippen LogP contribution in [0.1, 0.15) is 30.6 Å². The number of hydrogen-bond donors (Lipinski definition) is 2. The van der Waals surface area contributed by atoms with Gasteiger partial charge in [-0.15, -0.1) is 0 Å². The maximum absolute atomic E-state index is 11.8. The second-order valence-electron chi connectivity index (χ2n) is 4.46. The van der Waals surface area contributed by atoms with Crippen molar-refractivity contribution in [2.24, 2.45) is 0 Å². The van der Waals surface area contributed by atoms with E-state index in [2.05, 4.69) is 11.4 Å². The SMILES string of the molecule is CCNC(=O)c1ccc(N)c(N(C)C(C)CC#N)c1. The molecule has 5 nitrogen and oxygen atoms in total. The monoisotopic (exact) mass is 260 g/mol. The van der Waals surface area contributed by atoms with E-state index in [1.165, 1.54) is 0 Å². The minimum Gasteiger partial charge on any atom is -0.397 e. The zero-order chi connectivity index (χ0) is 14.4. The average molecular weight is 260 g/mol. The highest BCUT2D eigenvalue weighted by Gasteiger charge is 2.14. The van der Waals surface area contributed by atoms with Crippen molar-refractivity contribution < 1.29 is 4.79 Å². The minimum absolute atomic E-state index is 0.0387. The summed E-state index contributed by atoms with van der Waals surface area (Å²) in [6.45, 7) is 4.40. The molecule has 19 heavy (non-hydrogen) atoms. The Balaban J connectivity index is 3.03. The largest absolute Gasteiger partial charge is 0.397 e. The third kappa shape index (κ3) is 3.62. The Morgan fingerprint density at radius 2 is 2.26 bits per heavy atom. The van der Waals surface area contributed by atoms with E-state index >= 15 is 0 Å². The zero-order valence-electron chi connectivity index (χ0n) is 11.6. The number of benzene rings is 1. The number of nitrogens with zero attached hydrogens (tertiary/aromatic N) is 2. The molecule has 1 rings (SSSR count). The van der Waals surface area contributed by atoms with E-state index in [-0.39, 0.29) is 11.9 Å². The standard InChI is InChI=1S/C14H20N4O/c1-4-17-14(19)11-5-6-12(16)13(9-11)18(3)10(2)7-8-15/h5-6,9-10H,4,7,16H2,1-3H3,(H,17,19). The number of nitrogens with two attached hydrogens (primary N) is 1. The van der Waals surface area contributed by atoms with Gasteiger partial charge in [0, 0.05) is 25.2 Å². The second-order valence-corrected chi connectivity index (χ2v) is 4.46. The van der Waals surface area contributed by atoms with Crippen LogP contribution < -0.4 is 16.0 Å². The number of rotatable bonds is 5. The number of amides is 1. The van der Waals surface area contributed by atoms with Gasteiger partial charge in [-0.3, -0.25) is 4.79 Å². The van der Waals surface area contributed by atoms with Crippen molar-refractivity contribution in [2.75, 3.05) is 24.2 Å². The molecule has 1 amide bonds. The molecule has 1 aromatic rings. The minimum atomic E-state index is -0.120. The first-order valence-corrected chi connectivity index (χ1v) is 6.28. The predicted molar refractivity (Wildman–Crippen MR) is 77.0 cm³/mol. The molecule has 5 heteroatoms. The van der Waals surface area contributed by atoms with E-state index in [0.29, 0.717) is 24.2 Å². The van der Waals surface area contributed by atoms with Gasteiger partial charge < -0.3 is 16.0 Å². The summed E-state index contributed by atoms with van der Waals surface area (Å²) in [5.74, 6) is -0.120. The lowest BCUT2D eigenvalue weighted by Crippen LogP contribution is -2.30. The summed E-state index contributed by atoms with van der Waals surface area (Å²) in [5, 5.41) is 11.5. The number of hydrogen-bond acceptors (Lipinski definition) is 4. The van der Waals surface area contributed by atoms with Crippen LogP contribution in [0.4, 0.5) is 11.4 Å². The second kappa shape index (κ2) is 6.64. The van der Waals surface area contributed by atoms with Crippen LogP contribution in [0.15, 0.2) is 18.2 Å². The van der Waals surface area contributed by atoms with Gasteiger partial charge >= 0.3 is 0 Å². The van der Waals surface area contributed by atoms with Crippen LogP contribution in [0.3, 0.4) is 0 Å². The summed E-state index contributed by atoms with van der Waals surface area (Å²) in [6, 6.07) is 7.35. The van der Waals surface area contributed by atoms with Crippen LogP contribution in [-0.2, 0) is 0 Å². The van der Waals surface area contributed by atoms with Crippen molar-refractivity contribution in [3.63, 3.8) is 0 Å². The molecule has 3 N–H and O–H groups in total. The lowest BCUT2D eigenvalue weighted by atomic mass is 10.1. The third-order valence-electron chi connectivity index (χ3n) is 3.06. The molecule has 0 saturated heterocycles. The first-order chi connectivity index (χ1) is 9.01. The zero-order valence-corrected chi connectivity index (χ0v) is 11.6. The molecule has 0 aliphatic carbocycles. The third-order valence-corrected chi connectivity index (χ3v) is 3.06. The molecule has 1 atom stereocenters. The van der Waals surface area contributed by atoms with Gasteiger partial charge in [-0.25, -0.2) is 0 Å².